The van der Waals surface area contributed by atoms with Crippen molar-refractivity contribution in [2.75, 3.05) is 12.3 Å². The molecule has 23 heavy (non-hydrogen) atoms. The van der Waals surface area contributed by atoms with Crippen molar-refractivity contribution in [1.82, 2.24) is 25.5 Å². The summed E-state index contributed by atoms with van der Waals surface area (Å²) in [6.45, 7) is 4.02. The molecule has 0 radical (unpaired) electrons. The first-order chi connectivity index (χ1) is 11.3. The highest BCUT2D eigenvalue weighted by molar-refractivity contribution is 7.99. The number of carbonyl (C=O) groups is 1. The lowest BCUT2D eigenvalue weighted by Gasteiger charge is -2.06. The third kappa shape index (κ3) is 3.57. The van der Waals surface area contributed by atoms with Gasteiger partial charge in [-0.15, -0.1) is 11.7 Å². The number of fused-ring (bicyclic) bond motifs is 1. The number of tetrazole rings is 1. The van der Waals surface area contributed by atoms with E-state index in [1.165, 1.54) is 11.8 Å². The standard InChI is InChI=1S/C16H15N5OS/c1-2-9-17-15(22)11-23-16-18-19-20-21(16)14-8-7-12-5-3-4-6-13(12)10-14/h2-8,10H,1,9,11H2,(H,17,22). The Morgan fingerprint density at radius 1 is 1.26 bits per heavy atom. The van der Waals surface area contributed by atoms with Gasteiger partial charge in [-0.1, -0.05) is 48.2 Å². The summed E-state index contributed by atoms with van der Waals surface area (Å²) in [6.07, 6.45) is 1.64. The zero-order valence-electron chi connectivity index (χ0n) is 12.3. The first-order valence-electron chi connectivity index (χ1n) is 7.06. The van der Waals surface area contributed by atoms with E-state index in [1.54, 1.807) is 10.8 Å². The molecule has 0 saturated heterocycles. The average molecular weight is 325 g/mol. The fraction of sp³-hybridized carbons (Fsp3) is 0.125. The van der Waals surface area contributed by atoms with Crippen molar-refractivity contribution in [3.63, 3.8) is 0 Å². The fourth-order valence-electron chi connectivity index (χ4n) is 2.11. The Hall–Kier alpha value is -2.67. The molecule has 7 heteroatoms. The van der Waals surface area contributed by atoms with Gasteiger partial charge in [0.15, 0.2) is 0 Å². The third-order valence-corrected chi connectivity index (χ3v) is 4.11. The fourth-order valence-corrected chi connectivity index (χ4v) is 2.83. The van der Waals surface area contributed by atoms with Crippen LogP contribution in [0.4, 0.5) is 0 Å². The van der Waals surface area contributed by atoms with Gasteiger partial charge in [0, 0.05) is 6.54 Å². The summed E-state index contributed by atoms with van der Waals surface area (Å²) in [5.74, 6) is 0.171. The Morgan fingerprint density at radius 3 is 2.91 bits per heavy atom. The number of rotatable bonds is 6. The topological polar surface area (TPSA) is 72.7 Å². The monoisotopic (exact) mass is 325 g/mol. The van der Waals surface area contributed by atoms with Crippen molar-refractivity contribution in [2.24, 2.45) is 0 Å². The number of nitrogens with one attached hydrogen (secondary N) is 1. The summed E-state index contributed by atoms with van der Waals surface area (Å²) >= 11 is 1.29. The van der Waals surface area contributed by atoms with E-state index in [2.05, 4.69) is 33.5 Å². The zero-order chi connectivity index (χ0) is 16.1. The van der Waals surface area contributed by atoms with Crippen LogP contribution in [0.25, 0.3) is 16.5 Å². The number of thioether (sulfide) groups is 1. The summed E-state index contributed by atoms with van der Waals surface area (Å²) in [5, 5.41) is 17.3. The summed E-state index contributed by atoms with van der Waals surface area (Å²) in [4.78, 5) is 11.7. The maximum Gasteiger partial charge on any atom is 0.230 e. The van der Waals surface area contributed by atoms with Crippen LogP contribution in [-0.2, 0) is 4.79 Å². The molecule has 1 heterocycles. The number of benzene rings is 2. The van der Waals surface area contributed by atoms with Crippen LogP contribution in [0.15, 0.2) is 60.3 Å². The molecule has 0 fully saturated rings. The molecule has 0 saturated carbocycles. The van der Waals surface area contributed by atoms with Crippen molar-refractivity contribution in [2.45, 2.75) is 5.16 Å². The molecule has 3 aromatic rings. The van der Waals surface area contributed by atoms with Crippen LogP contribution in [-0.4, -0.2) is 38.4 Å². The highest BCUT2D eigenvalue weighted by atomic mass is 32.2. The van der Waals surface area contributed by atoms with Crippen LogP contribution in [0.1, 0.15) is 0 Å². The summed E-state index contributed by atoms with van der Waals surface area (Å²) in [5.41, 5.74) is 0.864. The van der Waals surface area contributed by atoms with E-state index < -0.39 is 0 Å². The van der Waals surface area contributed by atoms with Crippen molar-refractivity contribution < 1.29 is 4.79 Å². The van der Waals surface area contributed by atoms with Crippen LogP contribution < -0.4 is 5.32 Å². The van der Waals surface area contributed by atoms with Crippen molar-refractivity contribution in [3.05, 3.63) is 55.1 Å². The van der Waals surface area contributed by atoms with Crippen LogP contribution in [0, 0.1) is 0 Å². The molecule has 0 aliphatic carbocycles. The number of hydrogen-bond donors (Lipinski definition) is 1. The molecular weight excluding hydrogens is 310 g/mol. The predicted octanol–water partition coefficient (Wildman–Crippen LogP) is 2.21. The number of hydrogen-bond acceptors (Lipinski definition) is 5. The molecule has 0 atom stereocenters. The minimum atomic E-state index is -0.0806. The second kappa shape index (κ2) is 7.06. The molecule has 1 amide bonds. The normalized spacial score (nSPS) is 10.6. The SMILES string of the molecule is C=CCNC(=O)CSc1nnnn1-c1ccc2ccccc2c1. The van der Waals surface area contributed by atoms with E-state index >= 15 is 0 Å². The van der Waals surface area contributed by atoms with E-state index in [4.69, 9.17) is 0 Å². The lowest BCUT2D eigenvalue weighted by atomic mass is 10.1. The van der Waals surface area contributed by atoms with Gasteiger partial charge in [0.1, 0.15) is 0 Å². The quantitative estimate of drug-likeness (QED) is 0.556. The van der Waals surface area contributed by atoms with E-state index in [-0.39, 0.29) is 11.7 Å². The largest absolute Gasteiger partial charge is 0.352 e. The minimum absolute atomic E-state index is 0.0806. The molecule has 2 aromatic carbocycles. The van der Waals surface area contributed by atoms with E-state index in [9.17, 15) is 4.79 Å². The van der Waals surface area contributed by atoms with Crippen LogP contribution in [0.5, 0.6) is 0 Å². The second-order valence-corrected chi connectivity index (χ2v) is 5.73. The lowest BCUT2D eigenvalue weighted by molar-refractivity contribution is -0.118. The molecule has 0 bridgehead atoms. The predicted molar refractivity (Wildman–Crippen MR) is 90.6 cm³/mol. The smallest absolute Gasteiger partial charge is 0.230 e. The van der Waals surface area contributed by atoms with Gasteiger partial charge < -0.3 is 5.32 Å². The van der Waals surface area contributed by atoms with E-state index in [0.717, 1.165) is 16.5 Å². The Morgan fingerprint density at radius 2 is 2.09 bits per heavy atom. The van der Waals surface area contributed by atoms with Crippen molar-refractivity contribution in [1.29, 1.82) is 0 Å². The number of aromatic nitrogens is 4. The number of amides is 1. The third-order valence-electron chi connectivity index (χ3n) is 3.19. The van der Waals surface area contributed by atoms with Gasteiger partial charge in [0.2, 0.25) is 11.1 Å². The molecule has 6 nitrogen and oxygen atoms in total. The molecule has 116 valence electrons. The van der Waals surface area contributed by atoms with E-state index in [0.29, 0.717) is 11.7 Å². The first-order valence-corrected chi connectivity index (χ1v) is 8.04. The Labute approximate surface area is 137 Å². The zero-order valence-corrected chi connectivity index (χ0v) is 13.2. The molecule has 0 aliphatic rings. The average Bonchev–Trinajstić information content (AvgIpc) is 3.06. The Balaban J connectivity index is 1.79. The lowest BCUT2D eigenvalue weighted by Crippen LogP contribution is -2.25. The molecular formula is C16H15N5OS. The number of nitrogens with zero attached hydrogens (tertiary/aromatic N) is 4. The summed E-state index contributed by atoms with van der Waals surface area (Å²) in [6, 6.07) is 14.1. The summed E-state index contributed by atoms with van der Waals surface area (Å²) in [7, 11) is 0. The molecule has 1 N–H and O–H groups in total. The van der Waals surface area contributed by atoms with Gasteiger partial charge in [0.05, 0.1) is 11.4 Å². The first kappa shape index (κ1) is 15.2. The van der Waals surface area contributed by atoms with Crippen LogP contribution >= 0.6 is 11.8 Å². The van der Waals surface area contributed by atoms with Crippen molar-refractivity contribution in [3.8, 4) is 5.69 Å². The maximum absolute atomic E-state index is 11.7. The molecule has 1 aromatic heterocycles. The molecule has 3 rings (SSSR count). The minimum Gasteiger partial charge on any atom is -0.352 e. The van der Waals surface area contributed by atoms with Gasteiger partial charge in [0.25, 0.3) is 0 Å². The van der Waals surface area contributed by atoms with Gasteiger partial charge in [-0.2, -0.15) is 4.68 Å². The molecule has 0 unspecified atom stereocenters. The summed E-state index contributed by atoms with van der Waals surface area (Å²) < 4.78 is 1.64. The highest BCUT2D eigenvalue weighted by Gasteiger charge is 2.11. The number of carbonyl (C=O) groups excluding carboxylic acids is 1. The maximum atomic E-state index is 11.7. The Bertz CT molecular complexity index is 845. The molecule has 0 spiro atoms. The van der Waals surface area contributed by atoms with Gasteiger partial charge in [-0.3, -0.25) is 4.79 Å². The highest BCUT2D eigenvalue weighted by Crippen LogP contribution is 2.21. The van der Waals surface area contributed by atoms with Crippen molar-refractivity contribution >= 4 is 28.4 Å². The van der Waals surface area contributed by atoms with Crippen LogP contribution in [0.3, 0.4) is 0 Å². The van der Waals surface area contributed by atoms with Gasteiger partial charge in [-0.25, -0.2) is 0 Å². The Kier molecular flexibility index (Phi) is 4.68. The van der Waals surface area contributed by atoms with Crippen LogP contribution in [0.2, 0.25) is 0 Å². The van der Waals surface area contributed by atoms with Gasteiger partial charge in [-0.05, 0) is 33.3 Å². The van der Waals surface area contributed by atoms with E-state index in [1.807, 2.05) is 36.4 Å². The molecule has 0 aliphatic heterocycles. The second-order valence-electron chi connectivity index (χ2n) is 4.79. The van der Waals surface area contributed by atoms with Gasteiger partial charge >= 0.3 is 0 Å².